The highest BCUT2D eigenvalue weighted by atomic mass is 32.2. The molecule has 1 amide bonds. The van der Waals surface area contributed by atoms with Crippen LogP contribution in [-0.4, -0.2) is 20.6 Å². The van der Waals surface area contributed by atoms with Crippen LogP contribution in [0.5, 0.6) is 0 Å². The Morgan fingerprint density at radius 2 is 1.52 bits per heavy atom. The van der Waals surface area contributed by atoms with Gasteiger partial charge in [-0.05, 0) is 41.8 Å². The van der Waals surface area contributed by atoms with Crippen molar-refractivity contribution in [1.29, 1.82) is 0 Å². The molecule has 0 bridgehead atoms. The largest absolute Gasteiger partial charge is 0.322 e. The highest BCUT2D eigenvalue weighted by molar-refractivity contribution is 7.92. The van der Waals surface area contributed by atoms with Crippen LogP contribution >= 0.6 is 0 Å². The Morgan fingerprint density at radius 3 is 2.26 bits per heavy atom. The number of anilines is 2. The normalized spacial score (nSPS) is 11.0. The van der Waals surface area contributed by atoms with Crippen molar-refractivity contribution < 1.29 is 13.2 Å². The van der Waals surface area contributed by atoms with Crippen LogP contribution in [0, 0.1) is 0 Å². The first kappa shape index (κ1) is 18.7. The Labute approximate surface area is 159 Å². The molecule has 0 aliphatic carbocycles. The lowest BCUT2D eigenvalue weighted by molar-refractivity contribution is 0.102. The van der Waals surface area contributed by atoms with E-state index >= 15 is 0 Å². The second-order valence-electron chi connectivity index (χ2n) is 6.23. The van der Waals surface area contributed by atoms with E-state index in [0.717, 1.165) is 17.4 Å². The molecule has 0 spiro atoms. The third-order valence-corrected chi connectivity index (χ3v) is 4.53. The number of amides is 1. The minimum atomic E-state index is -3.38. The summed E-state index contributed by atoms with van der Waals surface area (Å²) in [5.41, 5.74) is 3.54. The monoisotopic (exact) mass is 380 g/mol. The summed E-state index contributed by atoms with van der Waals surface area (Å²) in [6.45, 7) is 0. The second kappa shape index (κ2) is 8.05. The van der Waals surface area contributed by atoms with E-state index < -0.39 is 10.0 Å². The first-order chi connectivity index (χ1) is 12.9. The van der Waals surface area contributed by atoms with E-state index in [1.54, 1.807) is 30.3 Å². The van der Waals surface area contributed by atoms with Crippen LogP contribution in [0.4, 0.5) is 11.4 Å². The summed E-state index contributed by atoms with van der Waals surface area (Å²) in [4.78, 5) is 12.8. The maximum atomic E-state index is 12.8. The fraction of sp³-hybridized carbons (Fsp3) is 0.0952. The summed E-state index contributed by atoms with van der Waals surface area (Å²) < 4.78 is 25.2. The van der Waals surface area contributed by atoms with Gasteiger partial charge in [0.2, 0.25) is 10.0 Å². The van der Waals surface area contributed by atoms with Crippen LogP contribution < -0.4 is 10.0 Å². The van der Waals surface area contributed by atoms with Gasteiger partial charge < -0.3 is 5.32 Å². The van der Waals surface area contributed by atoms with Crippen molar-refractivity contribution in [2.45, 2.75) is 6.42 Å². The zero-order valence-electron chi connectivity index (χ0n) is 14.8. The third-order valence-electron chi connectivity index (χ3n) is 3.92. The third kappa shape index (κ3) is 5.43. The molecule has 0 unspecified atom stereocenters. The maximum Gasteiger partial charge on any atom is 0.255 e. The Bertz CT molecular complexity index is 1050. The smallest absolute Gasteiger partial charge is 0.255 e. The summed E-state index contributed by atoms with van der Waals surface area (Å²) >= 11 is 0. The molecular weight excluding hydrogens is 360 g/mol. The molecule has 6 heteroatoms. The van der Waals surface area contributed by atoms with Crippen LogP contribution in [0.3, 0.4) is 0 Å². The fourth-order valence-corrected chi connectivity index (χ4v) is 3.34. The van der Waals surface area contributed by atoms with Gasteiger partial charge in [0.25, 0.3) is 5.91 Å². The van der Waals surface area contributed by atoms with E-state index in [1.807, 2.05) is 48.5 Å². The molecule has 3 rings (SSSR count). The molecule has 0 atom stereocenters. The van der Waals surface area contributed by atoms with Crippen LogP contribution in [0.15, 0.2) is 78.9 Å². The summed E-state index contributed by atoms with van der Waals surface area (Å²) in [5, 5.41) is 2.84. The topological polar surface area (TPSA) is 75.3 Å². The Kier molecular flexibility index (Phi) is 5.57. The van der Waals surface area contributed by atoms with Crippen molar-refractivity contribution in [3.63, 3.8) is 0 Å². The molecule has 0 saturated carbocycles. The molecule has 0 heterocycles. The van der Waals surface area contributed by atoms with E-state index in [-0.39, 0.29) is 5.91 Å². The average molecular weight is 380 g/mol. The number of rotatable bonds is 6. The highest BCUT2D eigenvalue weighted by Gasteiger charge is 2.12. The second-order valence-corrected chi connectivity index (χ2v) is 7.98. The number of nitrogens with one attached hydrogen (secondary N) is 2. The molecule has 0 aromatic heterocycles. The lowest BCUT2D eigenvalue weighted by Crippen LogP contribution is -2.15. The van der Waals surface area contributed by atoms with Crippen molar-refractivity contribution in [2.24, 2.45) is 0 Å². The number of sulfonamides is 1. The van der Waals surface area contributed by atoms with Crippen molar-refractivity contribution >= 4 is 27.3 Å². The molecule has 5 nitrogen and oxygen atoms in total. The molecule has 0 radical (unpaired) electrons. The van der Waals surface area contributed by atoms with Crippen molar-refractivity contribution in [1.82, 2.24) is 0 Å². The molecule has 2 N–H and O–H groups in total. The van der Waals surface area contributed by atoms with Gasteiger partial charge in [-0.1, -0.05) is 54.6 Å². The SMILES string of the molecule is CS(=O)(=O)Nc1cccc(NC(=O)c2ccccc2Cc2ccccc2)c1. The number of carbonyl (C=O) groups is 1. The van der Waals surface area contributed by atoms with Gasteiger partial charge >= 0.3 is 0 Å². The summed E-state index contributed by atoms with van der Waals surface area (Å²) in [7, 11) is -3.38. The van der Waals surface area contributed by atoms with Gasteiger partial charge in [-0.25, -0.2) is 8.42 Å². The lowest BCUT2D eigenvalue weighted by atomic mass is 9.99. The molecular formula is C21H20N2O3S. The molecule has 0 aliphatic heterocycles. The molecule has 138 valence electrons. The molecule has 0 aliphatic rings. The number of hydrogen-bond donors (Lipinski definition) is 2. The lowest BCUT2D eigenvalue weighted by Gasteiger charge is -2.11. The van der Waals surface area contributed by atoms with Crippen LogP contribution in [0.25, 0.3) is 0 Å². The fourth-order valence-electron chi connectivity index (χ4n) is 2.78. The first-order valence-electron chi connectivity index (χ1n) is 8.42. The van der Waals surface area contributed by atoms with Crippen molar-refractivity contribution in [3.8, 4) is 0 Å². The summed E-state index contributed by atoms with van der Waals surface area (Å²) in [6.07, 6.45) is 1.73. The summed E-state index contributed by atoms with van der Waals surface area (Å²) in [5.74, 6) is -0.238. The zero-order chi connectivity index (χ0) is 19.3. The van der Waals surface area contributed by atoms with Crippen LogP contribution in [0.1, 0.15) is 21.5 Å². The van der Waals surface area contributed by atoms with E-state index in [4.69, 9.17) is 0 Å². The highest BCUT2D eigenvalue weighted by Crippen LogP contribution is 2.19. The predicted octanol–water partition coefficient (Wildman–Crippen LogP) is 3.90. The molecule has 3 aromatic rings. The van der Waals surface area contributed by atoms with Crippen molar-refractivity contribution in [2.75, 3.05) is 16.3 Å². The number of benzene rings is 3. The van der Waals surface area contributed by atoms with Crippen molar-refractivity contribution in [3.05, 3.63) is 95.6 Å². The Hall–Kier alpha value is -3.12. The predicted molar refractivity (Wildman–Crippen MR) is 109 cm³/mol. The average Bonchev–Trinajstić information content (AvgIpc) is 2.62. The van der Waals surface area contributed by atoms with Gasteiger partial charge in [0.15, 0.2) is 0 Å². The van der Waals surface area contributed by atoms with Gasteiger partial charge in [-0.15, -0.1) is 0 Å². The number of carbonyl (C=O) groups excluding carboxylic acids is 1. The Balaban J connectivity index is 1.80. The van der Waals surface area contributed by atoms with E-state index in [9.17, 15) is 13.2 Å². The van der Waals surface area contributed by atoms with Gasteiger partial charge in [-0.3, -0.25) is 9.52 Å². The van der Waals surface area contributed by atoms with Crippen LogP contribution in [0.2, 0.25) is 0 Å². The minimum absolute atomic E-state index is 0.238. The van der Waals surface area contributed by atoms with Crippen LogP contribution in [-0.2, 0) is 16.4 Å². The standard InChI is InChI=1S/C21H20N2O3S/c1-27(25,26)23-19-12-7-11-18(15-19)22-21(24)20-13-6-5-10-17(20)14-16-8-3-2-4-9-16/h2-13,15,23H,14H2,1H3,(H,22,24). The molecule has 0 fully saturated rings. The van der Waals surface area contributed by atoms with Gasteiger partial charge in [0, 0.05) is 11.3 Å². The van der Waals surface area contributed by atoms with E-state index in [1.165, 1.54) is 0 Å². The quantitative estimate of drug-likeness (QED) is 0.681. The Morgan fingerprint density at radius 1 is 0.852 bits per heavy atom. The van der Waals surface area contributed by atoms with Gasteiger partial charge in [-0.2, -0.15) is 0 Å². The first-order valence-corrected chi connectivity index (χ1v) is 10.3. The minimum Gasteiger partial charge on any atom is -0.322 e. The molecule has 0 saturated heterocycles. The summed E-state index contributed by atoms with van der Waals surface area (Å²) in [6, 6.07) is 24.0. The van der Waals surface area contributed by atoms with E-state index in [0.29, 0.717) is 23.4 Å². The van der Waals surface area contributed by atoms with Gasteiger partial charge in [0.1, 0.15) is 0 Å². The molecule has 3 aromatic carbocycles. The zero-order valence-corrected chi connectivity index (χ0v) is 15.7. The number of hydrogen-bond acceptors (Lipinski definition) is 3. The van der Waals surface area contributed by atoms with Gasteiger partial charge in [0.05, 0.1) is 11.9 Å². The maximum absolute atomic E-state index is 12.8. The van der Waals surface area contributed by atoms with E-state index in [2.05, 4.69) is 10.0 Å². The molecule has 27 heavy (non-hydrogen) atoms.